The number of methoxy groups -OCH3 is 1. The molecule has 0 saturated heterocycles. The van der Waals surface area contributed by atoms with Crippen molar-refractivity contribution in [2.75, 3.05) is 7.11 Å². The summed E-state index contributed by atoms with van der Waals surface area (Å²) >= 11 is 0. The van der Waals surface area contributed by atoms with Crippen molar-refractivity contribution in [1.82, 2.24) is 4.98 Å². The molecule has 0 amide bonds. The van der Waals surface area contributed by atoms with Crippen LogP contribution < -0.4 is 15.3 Å². The first-order valence-electron chi connectivity index (χ1n) is 5.59. The van der Waals surface area contributed by atoms with E-state index in [1.165, 1.54) is 6.07 Å². The third-order valence-electron chi connectivity index (χ3n) is 2.80. The zero-order chi connectivity index (χ0) is 12.5. The Bertz CT molecular complexity index is 704. The Kier molecular flexibility index (Phi) is 2.41. The first-order valence-corrected chi connectivity index (χ1v) is 5.59. The summed E-state index contributed by atoms with van der Waals surface area (Å²) in [4.78, 5) is 7.30. The monoisotopic (exact) mass is 240 g/mol. The second-order valence-corrected chi connectivity index (χ2v) is 4.02. The van der Waals surface area contributed by atoms with Gasteiger partial charge in [-0.15, -0.1) is 0 Å². The molecule has 4 heteroatoms. The normalized spacial score (nSPS) is 15.1. The number of H-pyrrole nitrogens is 1. The third-order valence-corrected chi connectivity index (χ3v) is 2.80. The molecule has 1 aliphatic rings. The van der Waals surface area contributed by atoms with Crippen LogP contribution in [0.1, 0.15) is 5.69 Å². The standard InChI is InChI=1S/C14H12N2O2/c1-18-13-8-14(17)16-12(13)7-10-6-9-4-2-3-5-11(9)15-10/h2-8,16-17H,1H3/b10-7-. The van der Waals surface area contributed by atoms with Gasteiger partial charge in [0.1, 0.15) is 5.75 Å². The molecule has 0 atom stereocenters. The molecule has 1 aromatic heterocycles. The lowest BCUT2D eigenvalue weighted by atomic mass is 10.2. The van der Waals surface area contributed by atoms with Gasteiger partial charge in [-0.25, -0.2) is 4.99 Å². The summed E-state index contributed by atoms with van der Waals surface area (Å²) in [6, 6.07) is 9.46. The van der Waals surface area contributed by atoms with Gasteiger partial charge in [-0.3, -0.25) is 0 Å². The number of hydrogen-bond donors (Lipinski definition) is 2. The van der Waals surface area contributed by atoms with Crippen molar-refractivity contribution < 1.29 is 9.84 Å². The van der Waals surface area contributed by atoms with E-state index in [9.17, 15) is 5.11 Å². The molecule has 2 aromatic rings. The number of hydrogen-bond acceptors (Lipinski definition) is 3. The predicted molar refractivity (Wildman–Crippen MR) is 68.7 cm³/mol. The van der Waals surface area contributed by atoms with Gasteiger partial charge in [0.2, 0.25) is 0 Å². The minimum atomic E-state index is 0.0780. The summed E-state index contributed by atoms with van der Waals surface area (Å²) in [5, 5.41) is 11.5. The Morgan fingerprint density at radius 2 is 2.17 bits per heavy atom. The van der Waals surface area contributed by atoms with Gasteiger partial charge >= 0.3 is 0 Å². The number of ether oxygens (including phenoxy) is 1. The molecule has 0 saturated carbocycles. The lowest BCUT2D eigenvalue weighted by Gasteiger charge is -1.96. The number of fused-ring (bicyclic) bond motifs is 1. The van der Waals surface area contributed by atoms with E-state index in [-0.39, 0.29) is 5.88 Å². The van der Waals surface area contributed by atoms with Crippen LogP contribution in [0.3, 0.4) is 0 Å². The Balaban J connectivity index is 2.07. The van der Waals surface area contributed by atoms with E-state index < -0.39 is 0 Å². The van der Waals surface area contributed by atoms with Crippen LogP contribution in [0.25, 0.3) is 12.2 Å². The lowest BCUT2D eigenvalue weighted by molar-refractivity contribution is 0.412. The van der Waals surface area contributed by atoms with Crippen molar-refractivity contribution in [3.05, 3.63) is 52.3 Å². The Labute approximate surface area is 104 Å². The number of nitrogens with one attached hydrogen (secondary N) is 1. The van der Waals surface area contributed by atoms with Crippen LogP contribution in [0.4, 0.5) is 0 Å². The molecule has 1 aliphatic heterocycles. The molecular weight excluding hydrogens is 228 g/mol. The maximum absolute atomic E-state index is 9.41. The minimum Gasteiger partial charge on any atom is -0.494 e. The van der Waals surface area contributed by atoms with Crippen LogP contribution in [0.15, 0.2) is 41.0 Å². The second kappa shape index (κ2) is 4.07. The summed E-state index contributed by atoms with van der Waals surface area (Å²) in [6.45, 7) is 0. The predicted octanol–water partition coefficient (Wildman–Crippen LogP) is 1.18. The van der Waals surface area contributed by atoms with Crippen LogP contribution in [0.5, 0.6) is 11.6 Å². The molecule has 3 rings (SSSR count). The Morgan fingerprint density at radius 1 is 1.33 bits per heavy atom. The van der Waals surface area contributed by atoms with E-state index in [4.69, 9.17) is 4.74 Å². The first kappa shape index (κ1) is 10.7. The number of allylic oxidation sites excluding steroid dienone is 1. The molecule has 0 aliphatic carbocycles. The maximum atomic E-state index is 9.41. The molecule has 0 radical (unpaired) electrons. The van der Waals surface area contributed by atoms with Crippen molar-refractivity contribution in [2.24, 2.45) is 4.99 Å². The molecule has 90 valence electrons. The van der Waals surface area contributed by atoms with Crippen LogP contribution in [-0.2, 0) is 0 Å². The topological polar surface area (TPSA) is 57.6 Å². The summed E-state index contributed by atoms with van der Waals surface area (Å²) in [5.74, 6) is 0.675. The molecule has 0 unspecified atom stereocenters. The van der Waals surface area contributed by atoms with E-state index in [0.717, 1.165) is 16.3 Å². The van der Waals surface area contributed by atoms with Gasteiger partial charge in [-0.2, -0.15) is 0 Å². The zero-order valence-electron chi connectivity index (χ0n) is 9.84. The SMILES string of the molecule is COc1cc(O)[nH]c1/C=C1/C=c2ccccc2=N1. The van der Waals surface area contributed by atoms with Crippen molar-refractivity contribution in [3.63, 3.8) is 0 Å². The molecule has 4 nitrogen and oxygen atoms in total. The smallest absolute Gasteiger partial charge is 0.192 e. The second-order valence-electron chi connectivity index (χ2n) is 4.02. The largest absolute Gasteiger partial charge is 0.494 e. The fraction of sp³-hybridized carbons (Fsp3) is 0.0714. The van der Waals surface area contributed by atoms with E-state index in [1.54, 1.807) is 7.11 Å². The molecule has 0 spiro atoms. The van der Waals surface area contributed by atoms with Crippen LogP contribution in [0.2, 0.25) is 0 Å². The number of nitrogens with zero attached hydrogens (tertiary/aromatic N) is 1. The number of rotatable bonds is 2. The average Bonchev–Trinajstić information content (AvgIpc) is 2.92. The van der Waals surface area contributed by atoms with Crippen LogP contribution >= 0.6 is 0 Å². The van der Waals surface area contributed by atoms with Crippen molar-refractivity contribution >= 4 is 12.2 Å². The zero-order valence-corrected chi connectivity index (χ0v) is 9.84. The van der Waals surface area contributed by atoms with Crippen molar-refractivity contribution in [3.8, 4) is 11.6 Å². The minimum absolute atomic E-state index is 0.0780. The van der Waals surface area contributed by atoms with Gasteiger partial charge in [0, 0.05) is 11.3 Å². The van der Waals surface area contributed by atoms with Crippen LogP contribution in [0, 0.1) is 0 Å². The Morgan fingerprint density at radius 3 is 2.94 bits per heavy atom. The van der Waals surface area contributed by atoms with Gasteiger partial charge in [0.05, 0.1) is 23.9 Å². The summed E-state index contributed by atoms with van der Waals surface area (Å²) < 4.78 is 5.16. The highest BCUT2D eigenvalue weighted by Gasteiger charge is 2.07. The quantitative estimate of drug-likeness (QED) is 0.828. The number of aromatic amines is 1. The maximum Gasteiger partial charge on any atom is 0.192 e. The van der Waals surface area contributed by atoms with Crippen LogP contribution in [-0.4, -0.2) is 17.2 Å². The van der Waals surface area contributed by atoms with Gasteiger partial charge in [-0.05, 0) is 18.2 Å². The number of aromatic nitrogens is 1. The summed E-state index contributed by atoms with van der Waals surface area (Å²) in [7, 11) is 1.56. The van der Waals surface area contributed by atoms with Gasteiger partial charge < -0.3 is 14.8 Å². The van der Waals surface area contributed by atoms with Crippen molar-refractivity contribution in [1.29, 1.82) is 0 Å². The molecule has 2 heterocycles. The van der Waals surface area contributed by atoms with E-state index in [2.05, 4.69) is 9.98 Å². The van der Waals surface area contributed by atoms with Gasteiger partial charge in [0.15, 0.2) is 5.88 Å². The number of para-hydroxylation sites is 1. The summed E-state index contributed by atoms with van der Waals surface area (Å²) in [6.07, 6.45) is 3.84. The molecule has 0 fully saturated rings. The number of aromatic hydroxyl groups is 1. The van der Waals surface area contributed by atoms with E-state index >= 15 is 0 Å². The van der Waals surface area contributed by atoms with Gasteiger partial charge in [0.25, 0.3) is 0 Å². The lowest BCUT2D eigenvalue weighted by Crippen LogP contribution is -2.19. The first-order chi connectivity index (χ1) is 8.76. The number of benzene rings is 1. The highest BCUT2D eigenvalue weighted by Crippen LogP contribution is 2.26. The molecule has 18 heavy (non-hydrogen) atoms. The van der Waals surface area contributed by atoms with E-state index in [1.807, 2.05) is 36.4 Å². The van der Waals surface area contributed by atoms with E-state index in [0.29, 0.717) is 11.4 Å². The highest BCUT2D eigenvalue weighted by atomic mass is 16.5. The molecule has 2 N–H and O–H groups in total. The highest BCUT2D eigenvalue weighted by molar-refractivity contribution is 5.67. The average molecular weight is 240 g/mol. The fourth-order valence-corrected chi connectivity index (χ4v) is 1.98. The third kappa shape index (κ3) is 1.78. The Hall–Kier alpha value is -2.49. The molecular formula is C14H12N2O2. The molecule has 1 aromatic carbocycles. The van der Waals surface area contributed by atoms with Gasteiger partial charge in [-0.1, -0.05) is 18.2 Å². The fourth-order valence-electron chi connectivity index (χ4n) is 1.98. The molecule has 0 bridgehead atoms. The van der Waals surface area contributed by atoms with Crippen molar-refractivity contribution in [2.45, 2.75) is 0 Å². The summed E-state index contributed by atoms with van der Waals surface area (Å²) in [5.41, 5.74) is 1.54.